The topological polar surface area (TPSA) is 42.9 Å². The van der Waals surface area contributed by atoms with E-state index in [0.29, 0.717) is 18.8 Å². The van der Waals surface area contributed by atoms with Crippen molar-refractivity contribution in [1.82, 2.24) is 9.13 Å². The molecule has 1 heterocycles. The molecular formula is C23H22BrN3O. The van der Waals surface area contributed by atoms with Gasteiger partial charge in [0.2, 0.25) is 5.62 Å². The molecule has 5 heteroatoms. The van der Waals surface area contributed by atoms with E-state index < -0.39 is 0 Å². The summed E-state index contributed by atoms with van der Waals surface area (Å²) >= 11 is 3.54. The normalized spacial score (nSPS) is 11.0. The SMILES string of the molecule is N=c1n(CCCOc2ccccc2)c2ccccc2n1Cc1cccc(Br)c1. The van der Waals surface area contributed by atoms with E-state index in [4.69, 9.17) is 10.1 Å². The first kappa shape index (κ1) is 18.6. The van der Waals surface area contributed by atoms with Gasteiger partial charge in [-0.3, -0.25) is 5.41 Å². The number of hydrogen-bond donors (Lipinski definition) is 1. The molecule has 28 heavy (non-hydrogen) atoms. The number of rotatable bonds is 7. The summed E-state index contributed by atoms with van der Waals surface area (Å²) in [6, 6.07) is 26.3. The molecule has 4 rings (SSSR count). The molecule has 0 atom stereocenters. The maximum atomic E-state index is 8.75. The average Bonchev–Trinajstić information content (AvgIpc) is 2.98. The molecule has 0 aliphatic heterocycles. The molecule has 3 aromatic carbocycles. The van der Waals surface area contributed by atoms with Crippen LogP contribution in [0.5, 0.6) is 5.75 Å². The van der Waals surface area contributed by atoms with E-state index in [1.165, 1.54) is 5.56 Å². The Morgan fingerprint density at radius 1 is 0.821 bits per heavy atom. The fraction of sp³-hybridized carbons (Fsp3) is 0.174. The van der Waals surface area contributed by atoms with E-state index in [0.717, 1.165) is 34.2 Å². The number of aryl methyl sites for hydroxylation is 1. The van der Waals surface area contributed by atoms with E-state index in [2.05, 4.69) is 49.3 Å². The third-order valence-corrected chi connectivity index (χ3v) is 5.24. The maximum absolute atomic E-state index is 8.75. The molecule has 0 bridgehead atoms. The number of ether oxygens (including phenoxy) is 1. The molecule has 0 aliphatic carbocycles. The molecule has 0 saturated heterocycles. The molecule has 0 spiro atoms. The van der Waals surface area contributed by atoms with Gasteiger partial charge in [-0.25, -0.2) is 0 Å². The fourth-order valence-corrected chi connectivity index (χ4v) is 3.87. The summed E-state index contributed by atoms with van der Waals surface area (Å²) in [5, 5.41) is 8.75. The Morgan fingerprint density at radius 3 is 2.29 bits per heavy atom. The lowest BCUT2D eigenvalue weighted by atomic mass is 10.2. The van der Waals surface area contributed by atoms with E-state index in [1.54, 1.807) is 0 Å². The molecule has 4 aromatic rings. The molecule has 1 aromatic heterocycles. The van der Waals surface area contributed by atoms with Crippen molar-refractivity contribution in [2.75, 3.05) is 6.61 Å². The number of benzene rings is 3. The van der Waals surface area contributed by atoms with Gasteiger partial charge in [0.25, 0.3) is 0 Å². The van der Waals surface area contributed by atoms with E-state index in [-0.39, 0.29) is 0 Å². The number of imidazole rings is 1. The Morgan fingerprint density at radius 2 is 1.54 bits per heavy atom. The van der Waals surface area contributed by atoms with Crippen molar-refractivity contribution in [2.45, 2.75) is 19.5 Å². The van der Waals surface area contributed by atoms with Crippen molar-refractivity contribution >= 4 is 27.0 Å². The molecule has 1 N–H and O–H groups in total. The zero-order valence-corrected chi connectivity index (χ0v) is 17.1. The summed E-state index contributed by atoms with van der Waals surface area (Å²) in [5.74, 6) is 0.885. The molecule has 0 fully saturated rings. The van der Waals surface area contributed by atoms with Gasteiger partial charge in [0, 0.05) is 11.0 Å². The van der Waals surface area contributed by atoms with Crippen molar-refractivity contribution in [3.8, 4) is 5.75 Å². The fourth-order valence-electron chi connectivity index (χ4n) is 3.43. The Kier molecular flexibility index (Phi) is 5.63. The van der Waals surface area contributed by atoms with Crippen LogP contribution in [0.4, 0.5) is 0 Å². The molecule has 142 valence electrons. The predicted octanol–water partition coefficient (Wildman–Crippen LogP) is 5.20. The first-order valence-corrected chi connectivity index (χ1v) is 10.2. The van der Waals surface area contributed by atoms with Gasteiger partial charge in [0.05, 0.1) is 24.2 Å². The van der Waals surface area contributed by atoms with Gasteiger partial charge in [0.1, 0.15) is 5.75 Å². The van der Waals surface area contributed by atoms with Gasteiger partial charge in [-0.2, -0.15) is 0 Å². The lowest BCUT2D eigenvalue weighted by molar-refractivity contribution is 0.301. The summed E-state index contributed by atoms with van der Waals surface area (Å²) in [6.07, 6.45) is 0.844. The molecule has 0 amide bonds. The number of hydrogen-bond acceptors (Lipinski definition) is 2. The predicted molar refractivity (Wildman–Crippen MR) is 116 cm³/mol. The summed E-state index contributed by atoms with van der Waals surface area (Å²) in [6.45, 7) is 2.05. The third kappa shape index (κ3) is 4.04. The number of halogens is 1. The van der Waals surface area contributed by atoms with Crippen LogP contribution in [-0.4, -0.2) is 15.7 Å². The number of nitrogens with zero attached hydrogens (tertiary/aromatic N) is 2. The van der Waals surface area contributed by atoms with Crippen LogP contribution >= 0.6 is 15.9 Å². The maximum Gasteiger partial charge on any atom is 0.203 e. The van der Waals surface area contributed by atoms with E-state index in [1.807, 2.05) is 54.6 Å². The third-order valence-electron chi connectivity index (χ3n) is 4.74. The van der Waals surface area contributed by atoms with Crippen molar-refractivity contribution in [2.24, 2.45) is 0 Å². The van der Waals surface area contributed by atoms with Crippen LogP contribution in [0.2, 0.25) is 0 Å². The first-order valence-electron chi connectivity index (χ1n) is 9.37. The standard InChI is InChI=1S/C23H22BrN3O/c24-19-9-6-8-18(16-19)17-27-22-13-5-4-12-21(22)26(23(27)25)14-7-15-28-20-10-2-1-3-11-20/h1-6,8-13,16,25H,7,14-15,17H2. The van der Waals surface area contributed by atoms with Gasteiger partial charge in [0.15, 0.2) is 0 Å². The highest BCUT2D eigenvalue weighted by Crippen LogP contribution is 2.17. The number of para-hydroxylation sites is 3. The molecule has 0 unspecified atom stereocenters. The van der Waals surface area contributed by atoms with Gasteiger partial charge in [-0.1, -0.05) is 58.4 Å². The van der Waals surface area contributed by atoms with E-state index in [9.17, 15) is 0 Å². The smallest absolute Gasteiger partial charge is 0.203 e. The molecular weight excluding hydrogens is 414 g/mol. The minimum Gasteiger partial charge on any atom is -0.494 e. The second-order valence-electron chi connectivity index (χ2n) is 6.70. The van der Waals surface area contributed by atoms with Crippen LogP contribution in [0.1, 0.15) is 12.0 Å². The van der Waals surface area contributed by atoms with Gasteiger partial charge in [-0.15, -0.1) is 0 Å². The highest BCUT2D eigenvalue weighted by molar-refractivity contribution is 9.10. The zero-order chi connectivity index (χ0) is 19.3. The van der Waals surface area contributed by atoms with Crippen LogP contribution < -0.4 is 10.4 Å². The van der Waals surface area contributed by atoms with Gasteiger partial charge >= 0.3 is 0 Å². The zero-order valence-electron chi connectivity index (χ0n) is 15.5. The number of fused-ring (bicyclic) bond motifs is 1. The van der Waals surface area contributed by atoms with Crippen molar-refractivity contribution in [3.63, 3.8) is 0 Å². The molecule has 0 radical (unpaired) electrons. The number of aromatic nitrogens is 2. The average molecular weight is 436 g/mol. The molecule has 0 saturated carbocycles. The molecule has 0 aliphatic rings. The minimum absolute atomic E-state index is 0.515. The van der Waals surface area contributed by atoms with Crippen LogP contribution in [0, 0.1) is 5.41 Å². The van der Waals surface area contributed by atoms with Gasteiger partial charge < -0.3 is 13.9 Å². The summed E-state index contributed by atoms with van der Waals surface area (Å²) in [5.41, 5.74) is 3.85. The van der Waals surface area contributed by atoms with E-state index >= 15 is 0 Å². The van der Waals surface area contributed by atoms with Crippen LogP contribution in [-0.2, 0) is 13.1 Å². The Labute approximate surface area is 172 Å². The lowest BCUT2D eigenvalue weighted by Gasteiger charge is -2.08. The minimum atomic E-state index is 0.515. The Balaban J connectivity index is 1.55. The quantitative estimate of drug-likeness (QED) is 0.398. The highest BCUT2D eigenvalue weighted by atomic mass is 79.9. The van der Waals surface area contributed by atoms with Crippen molar-refractivity contribution in [3.05, 3.63) is 94.5 Å². The Bertz CT molecular complexity index is 1130. The molecule has 4 nitrogen and oxygen atoms in total. The van der Waals surface area contributed by atoms with Crippen molar-refractivity contribution < 1.29 is 4.74 Å². The monoisotopic (exact) mass is 435 g/mol. The highest BCUT2D eigenvalue weighted by Gasteiger charge is 2.11. The lowest BCUT2D eigenvalue weighted by Crippen LogP contribution is -2.25. The summed E-state index contributed by atoms with van der Waals surface area (Å²) in [4.78, 5) is 0. The second kappa shape index (κ2) is 8.48. The van der Waals surface area contributed by atoms with Crippen LogP contribution in [0.25, 0.3) is 11.0 Å². The first-order chi connectivity index (χ1) is 13.7. The van der Waals surface area contributed by atoms with Gasteiger partial charge in [-0.05, 0) is 48.4 Å². The largest absolute Gasteiger partial charge is 0.494 e. The summed E-state index contributed by atoms with van der Waals surface area (Å²) in [7, 11) is 0. The second-order valence-corrected chi connectivity index (χ2v) is 7.61. The van der Waals surface area contributed by atoms with Crippen LogP contribution in [0.3, 0.4) is 0 Å². The van der Waals surface area contributed by atoms with Crippen molar-refractivity contribution in [1.29, 1.82) is 5.41 Å². The number of nitrogens with one attached hydrogen (secondary N) is 1. The summed E-state index contributed by atoms with van der Waals surface area (Å²) < 4.78 is 11.0. The van der Waals surface area contributed by atoms with Crippen LogP contribution in [0.15, 0.2) is 83.3 Å². The Hall–Kier alpha value is -2.79.